The second kappa shape index (κ2) is 54.7. The first-order valence-electron chi connectivity index (χ1n) is 28.3. The van der Waals surface area contributed by atoms with Crippen molar-refractivity contribution < 1.29 is 28.6 Å². The first-order valence-corrected chi connectivity index (χ1v) is 28.3. The summed E-state index contributed by atoms with van der Waals surface area (Å²) in [5, 5.41) is 0. The van der Waals surface area contributed by atoms with E-state index >= 15 is 0 Å². The standard InChI is InChI=1S/C60H106O6/c1-4-7-10-13-16-19-22-25-28-30-33-35-38-41-44-47-50-53-59(62)65-56-57(55-64-58(61)52-49-46-43-40-37-34-31-27-24-21-18-15-12-9-6-3)66-60(63)54-51-48-45-42-39-36-32-29-26-23-20-17-14-11-8-5-2/h9,12,18,21,27,29,31-32,37,40,57H,4-8,10-11,13-17,19-20,22-26,28,30,33-36,38-39,41-56H2,1-3H3/b12-9-,21-18-,31-27-,32-29-,40-37-. The molecule has 0 aliphatic carbocycles. The summed E-state index contributed by atoms with van der Waals surface area (Å²) in [6.07, 6.45) is 67.8. The van der Waals surface area contributed by atoms with Gasteiger partial charge in [-0.1, -0.05) is 242 Å². The van der Waals surface area contributed by atoms with Crippen molar-refractivity contribution in [2.75, 3.05) is 13.2 Å². The van der Waals surface area contributed by atoms with Crippen molar-refractivity contribution in [3.05, 3.63) is 60.8 Å². The fourth-order valence-electron chi connectivity index (χ4n) is 8.02. The highest BCUT2D eigenvalue weighted by Gasteiger charge is 2.19. The van der Waals surface area contributed by atoms with Crippen molar-refractivity contribution in [2.45, 2.75) is 290 Å². The number of esters is 3. The summed E-state index contributed by atoms with van der Waals surface area (Å²) in [5.41, 5.74) is 0. The van der Waals surface area contributed by atoms with Crippen LogP contribution in [-0.4, -0.2) is 37.2 Å². The molecule has 0 aromatic carbocycles. The van der Waals surface area contributed by atoms with Crippen LogP contribution in [0.4, 0.5) is 0 Å². The zero-order valence-electron chi connectivity index (χ0n) is 43.7. The van der Waals surface area contributed by atoms with Gasteiger partial charge in [-0.25, -0.2) is 0 Å². The topological polar surface area (TPSA) is 78.9 Å². The van der Waals surface area contributed by atoms with Gasteiger partial charge in [-0.15, -0.1) is 0 Å². The van der Waals surface area contributed by atoms with Gasteiger partial charge in [0.1, 0.15) is 13.2 Å². The van der Waals surface area contributed by atoms with E-state index in [0.29, 0.717) is 19.3 Å². The average Bonchev–Trinajstić information content (AvgIpc) is 3.31. The smallest absolute Gasteiger partial charge is 0.306 e. The minimum Gasteiger partial charge on any atom is -0.462 e. The van der Waals surface area contributed by atoms with Crippen molar-refractivity contribution in [3.8, 4) is 0 Å². The maximum absolute atomic E-state index is 12.8. The van der Waals surface area contributed by atoms with Crippen molar-refractivity contribution in [3.63, 3.8) is 0 Å². The van der Waals surface area contributed by atoms with E-state index in [4.69, 9.17) is 14.2 Å². The van der Waals surface area contributed by atoms with Crippen molar-refractivity contribution in [1.29, 1.82) is 0 Å². The van der Waals surface area contributed by atoms with Crippen LogP contribution in [0, 0.1) is 0 Å². The Morgan fingerprint density at radius 1 is 0.318 bits per heavy atom. The molecule has 0 aromatic rings. The van der Waals surface area contributed by atoms with Crippen molar-refractivity contribution in [2.24, 2.45) is 0 Å². The minimum absolute atomic E-state index is 0.0882. The van der Waals surface area contributed by atoms with Gasteiger partial charge in [0.25, 0.3) is 0 Å². The number of allylic oxidation sites excluding steroid dienone is 10. The summed E-state index contributed by atoms with van der Waals surface area (Å²) in [4.78, 5) is 38.1. The number of ether oxygens (including phenoxy) is 3. The van der Waals surface area contributed by atoms with E-state index < -0.39 is 6.10 Å². The SMILES string of the molecule is CC/C=C\C/C=C\C/C=C\C/C=C\CCCCC(=O)OCC(COC(=O)CCCCCCCCCCCCCCCCCCC)OC(=O)CCCCCCC/C=C\CCCCCCCCC. The van der Waals surface area contributed by atoms with Crippen LogP contribution in [0.15, 0.2) is 60.8 Å². The molecule has 0 saturated carbocycles. The third-order valence-electron chi connectivity index (χ3n) is 12.3. The second-order valence-corrected chi connectivity index (χ2v) is 18.8. The molecule has 0 spiro atoms. The van der Waals surface area contributed by atoms with Gasteiger partial charge < -0.3 is 14.2 Å². The summed E-state index contributed by atoms with van der Waals surface area (Å²) >= 11 is 0. The van der Waals surface area contributed by atoms with Gasteiger partial charge in [0.15, 0.2) is 6.10 Å². The average molecular weight is 924 g/mol. The van der Waals surface area contributed by atoms with Crippen LogP contribution in [0.3, 0.4) is 0 Å². The molecule has 0 bridgehead atoms. The molecule has 6 nitrogen and oxygen atoms in total. The monoisotopic (exact) mass is 923 g/mol. The van der Waals surface area contributed by atoms with Crippen LogP contribution >= 0.6 is 0 Å². The molecule has 6 heteroatoms. The van der Waals surface area contributed by atoms with Gasteiger partial charge in [-0.3, -0.25) is 14.4 Å². The lowest BCUT2D eigenvalue weighted by Gasteiger charge is -2.18. The van der Waals surface area contributed by atoms with Crippen molar-refractivity contribution >= 4 is 17.9 Å². The Morgan fingerprint density at radius 2 is 0.591 bits per heavy atom. The summed E-state index contributed by atoms with van der Waals surface area (Å²) in [5.74, 6) is -0.929. The van der Waals surface area contributed by atoms with Crippen LogP contribution in [0.2, 0.25) is 0 Å². The van der Waals surface area contributed by atoms with Crippen LogP contribution in [0.25, 0.3) is 0 Å². The predicted octanol–water partition coefficient (Wildman–Crippen LogP) is 18.8. The van der Waals surface area contributed by atoms with Crippen molar-refractivity contribution in [1.82, 2.24) is 0 Å². The van der Waals surface area contributed by atoms with E-state index in [1.807, 2.05) is 0 Å². The number of hydrogen-bond donors (Lipinski definition) is 0. The minimum atomic E-state index is -0.793. The highest BCUT2D eigenvalue weighted by Crippen LogP contribution is 2.16. The number of carbonyl (C=O) groups excluding carboxylic acids is 3. The fourth-order valence-corrected chi connectivity index (χ4v) is 8.02. The highest BCUT2D eigenvalue weighted by molar-refractivity contribution is 5.71. The molecule has 0 saturated heterocycles. The van der Waals surface area contributed by atoms with Gasteiger partial charge in [-0.2, -0.15) is 0 Å². The normalized spacial score (nSPS) is 12.5. The number of hydrogen-bond acceptors (Lipinski definition) is 6. The highest BCUT2D eigenvalue weighted by atomic mass is 16.6. The quantitative estimate of drug-likeness (QED) is 0.0262. The molecule has 1 unspecified atom stereocenters. The third kappa shape index (κ3) is 52.1. The maximum Gasteiger partial charge on any atom is 0.306 e. The molecule has 0 rings (SSSR count). The summed E-state index contributed by atoms with van der Waals surface area (Å²) < 4.78 is 16.8. The second-order valence-electron chi connectivity index (χ2n) is 18.8. The molecule has 0 amide bonds. The number of unbranched alkanes of at least 4 members (excludes halogenated alkanes) is 30. The van der Waals surface area contributed by atoms with E-state index in [9.17, 15) is 14.4 Å². The maximum atomic E-state index is 12.8. The predicted molar refractivity (Wildman–Crippen MR) is 284 cm³/mol. The van der Waals surface area contributed by atoms with E-state index in [-0.39, 0.29) is 31.1 Å². The fraction of sp³-hybridized carbons (Fsp3) is 0.783. The molecule has 0 aromatic heterocycles. The van der Waals surface area contributed by atoms with Crippen LogP contribution in [-0.2, 0) is 28.6 Å². The molecule has 0 heterocycles. The molecule has 0 aliphatic heterocycles. The van der Waals surface area contributed by atoms with E-state index in [0.717, 1.165) is 96.3 Å². The van der Waals surface area contributed by atoms with E-state index in [2.05, 4.69) is 81.5 Å². The molecule has 0 N–H and O–H groups in total. The van der Waals surface area contributed by atoms with Gasteiger partial charge in [0.05, 0.1) is 0 Å². The Balaban J connectivity index is 4.42. The number of carbonyl (C=O) groups is 3. The first-order chi connectivity index (χ1) is 32.5. The summed E-state index contributed by atoms with van der Waals surface area (Å²) in [6.45, 7) is 6.51. The lowest BCUT2D eigenvalue weighted by molar-refractivity contribution is -0.167. The Kier molecular flexibility index (Phi) is 52.3. The zero-order valence-corrected chi connectivity index (χ0v) is 43.7. The third-order valence-corrected chi connectivity index (χ3v) is 12.3. The molecular weight excluding hydrogens is 817 g/mol. The molecule has 1 atom stereocenters. The zero-order chi connectivity index (χ0) is 47.9. The van der Waals surface area contributed by atoms with Gasteiger partial charge >= 0.3 is 17.9 Å². The molecule has 0 radical (unpaired) electrons. The molecule has 0 aliphatic rings. The molecule has 66 heavy (non-hydrogen) atoms. The van der Waals surface area contributed by atoms with Gasteiger partial charge in [0, 0.05) is 19.3 Å². The van der Waals surface area contributed by atoms with Crippen LogP contribution in [0.1, 0.15) is 284 Å². The lowest BCUT2D eigenvalue weighted by atomic mass is 10.0. The molecule has 0 fully saturated rings. The Bertz CT molecular complexity index is 1200. The number of rotatable bonds is 51. The molecular formula is C60H106O6. The largest absolute Gasteiger partial charge is 0.462 e. The Labute approximate surface area is 409 Å². The Morgan fingerprint density at radius 3 is 0.970 bits per heavy atom. The first kappa shape index (κ1) is 63.1. The van der Waals surface area contributed by atoms with Gasteiger partial charge in [0.2, 0.25) is 0 Å². The van der Waals surface area contributed by atoms with Gasteiger partial charge in [-0.05, 0) is 83.5 Å². The van der Waals surface area contributed by atoms with E-state index in [1.165, 1.54) is 148 Å². The lowest BCUT2D eigenvalue weighted by Crippen LogP contribution is -2.30. The summed E-state index contributed by atoms with van der Waals surface area (Å²) in [6, 6.07) is 0. The molecule has 382 valence electrons. The van der Waals surface area contributed by atoms with Crippen LogP contribution < -0.4 is 0 Å². The van der Waals surface area contributed by atoms with Crippen LogP contribution in [0.5, 0.6) is 0 Å². The van der Waals surface area contributed by atoms with E-state index in [1.54, 1.807) is 0 Å². The summed E-state index contributed by atoms with van der Waals surface area (Å²) in [7, 11) is 0. The Hall–Kier alpha value is -2.89.